The molecule has 1 aromatic heterocycles. The summed E-state index contributed by atoms with van der Waals surface area (Å²) in [5, 5.41) is 14.2. The van der Waals surface area contributed by atoms with Gasteiger partial charge in [-0.2, -0.15) is 0 Å². The summed E-state index contributed by atoms with van der Waals surface area (Å²) in [7, 11) is 3.07. The van der Waals surface area contributed by atoms with E-state index in [1.165, 1.54) is 22.2 Å². The Balaban J connectivity index is 1.85. The number of nitrogens with zero attached hydrogens (tertiary/aromatic N) is 4. The summed E-state index contributed by atoms with van der Waals surface area (Å²) >= 11 is 0. The molecule has 0 unspecified atom stereocenters. The number of benzene rings is 2. The number of hydrogen-bond acceptors (Lipinski definition) is 6. The van der Waals surface area contributed by atoms with E-state index in [4.69, 9.17) is 0 Å². The third-order valence-corrected chi connectivity index (χ3v) is 6.22. The van der Waals surface area contributed by atoms with Gasteiger partial charge in [-0.25, -0.2) is 0 Å². The molecule has 0 saturated carbocycles. The van der Waals surface area contributed by atoms with Crippen molar-refractivity contribution in [2.24, 2.45) is 14.1 Å². The van der Waals surface area contributed by atoms with Gasteiger partial charge < -0.3 is 19.4 Å². The molecule has 2 aromatic carbocycles. The van der Waals surface area contributed by atoms with Gasteiger partial charge in [-0.05, 0) is 44.4 Å². The number of anilines is 2. The zero-order chi connectivity index (χ0) is 23.9. The molecule has 0 radical (unpaired) electrons. The largest absolute Gasteiger partial charge is 0.370 e. The van der Waals surface area contributed by atoms with Crippen molar-refractivity contribution in [3.8, 4) is 0 Å². The minimum atomic E-state index is -0.665. The van der Waals surface area contributed by atoms with Gasteiger partial charge in [0.1, 0.15) is 0 Å². The zero-order valence-electron chi connectivity index (χ0n) is 18.8. The summed E-state index contributed by atoms with van der Waals surface area (Å²) < 4.78 is 2.59. The third-order valence-electron chi connectivity index (χ3n) is 6.22. The fraction of sp³-hybridized carbons (Fsp3) is 0.348. The molecule has 0 spiro atoms. The number of aromatic nitrogens is 2. The number of carbonyl (C=O) groups is 1. The lowest BCUT2D eigenvalue weighted by Gasteiger charge is -2.31. The molecule has 1 amide bonds. The standard InChI is InChI=1S/C23H25N5O5/c1-14-7-8-15(11-17(14)28(32)33)21(29)24-16-12-19-20(26(3)23(31)22(30)25(19)2)13-18(16)27-9-5-4-6-10-27/h7-8,11-13H,4-6,9-10H2,1-3H3,(H,24,29). The number of hydrogen-bond donors (Lipinski definition) is 1. The monoisotopic (exact) mass is 451 g/mol. The number of amides is 1. The van der Waals surface area contributed by atoms with E-state index in [9.17, 15) is 24.5 Å². The van der Waals surface area contributed by atoms with Crippen molar-refractivity contribution in [3.05, 3.63) is 72.3 Å². The van der Waals surface area contributed by atoms with Crippen LogP contribution < -0.4 is 21.3 Å². The van der Waals surface area contributed by atoms with E-state index in [-0.39, 0.29) is 11.3 Å². The molecule has 1 fully saturated rings. The summed E-state index contributed by atoms with van der Waals surface area (Å²) in [6, 6.07) is 7.83. The van der Waals surface area contributed by atoms with Crippen LogP contribution in [-0.4, -0.2) is 33.1 Å². The van der Waals surface area contributed by atoms with Gasteiger partial charge in [-0.3, -0.25) is 24.5 Å². The van der Waals surface area contributed by atoms with Crippen LogP contribution in [0.5, 0.6) is 0 Å². The van der Waals surface area contributed by atoms with Crippen LogP contribution >= 0.6 is 0 Å². The third kappa shape index (κ3) is 3.99. The van der Waals surface area contributed by atoms with Crippen LogP contribution in [0, 0.1) is 17.0 Å². The average molecular weight is 451 g/mol. The summed E-state index contributed by atoms with van der Waals surface area (Å²) in [6.45, 7) is 3.20. The van der Waals surface area contributed by atoms with Crippen LogP contribution in [0.3, 0.4) is 0 Å². The molecule has 172 valence electrons. The number of nitro benzene ring substituents is 1. The van der Waals surface area contributed by atoms with Crippen molar-refractivity contribution < 1.29 is 9.72 Å². The molecule has 10 heteroatoms. The first-order valence-corrected chi connectivity index (χ1v) is 10.7. The first-order valence-electron chi connectivity index (χ1n) is 10.7. The summed E-state index contributed by atoms with van der Waals surface area (Å²) in [6.07, 6.45) is 3.12. The fourth-order valence-corrected chi connectivity index (χ4v) is 4.25. The van der Waals surface area contributed by atoms with Crippen molar-refractivity contribution in [2.75, 3.05) is 23.3 Å². The van der Waals surface area contributed by atoms with E-state index < -0.39 is 21.9 Å². The van der Waals surface area contributed by atoms with Crippen molar-refractivity contribution in [2.45, 2.75) is 26.2 Å². The molecule has 0 bridgehead atoms. The molecule has 33 heavy (non-hydrogen) atoms. The number of aryl methyl sites for hydroxylation is 3. The number of piperidine rings is 1. The van der Waals surface area contributed by atoms with Gasteiger partial charge in [0.15, 0.2) is 0 Å². The number of nitro groups is 1. The Morgan fingerprint density at radius 3 is 2.18 bits per heavy atom. The van der Waals surface area contributed by atoms with Crippen LogP contribution in [0.4, 0.5) is 17.1 Å². The smallest absolute Gasteiger partial charge is 0.316 e. The van der Waals surface area contributed by atoms with E-state index >= 15 is 0 Å². The molecule has 1 aliphatic rings. The number of nitrogens with one attached hydrogen (secondary N) is 1. The topological polar surface area (TPSA) is 119 Å². The maximum absolute atomic E-state index is 13.1. The lowest BCUT2D eigenvalue weighted by Crippen LogP contribution is -2.39. The number of rotatable bonds is 4. The molecule has 0 aliphatic carbocycles. The highest BCUT2D eigenvalue weighted by atomic mass is 16.6. The quantitative estimate of drug-likeness (QED) is 0.370. The number of carbonyl (C=O) groups excluding carboxylic acids is 1. The summed E-state index contributed by atoms with van der Waals surface area (Å²) in [5.74, 6) is -0.495. The van der Waals surface area contributed by atoms with E-state index in [2.05, 4.69) is 10.2 Å². The fourth-order valence-electron chi connectivity index (χ4n) is 4.25. The second-order valence-corrected chi connectivity index (χ2v) is 8.35. The summed E-state index contributed by atoms with van der Waals surface area (Å²) in [4.78, 5) is 50.7. The highest BCUT2D eigenvalue weighted by Gasteiger charge is 2.21. The van der Waals surface area contributed by atoms with Crippen molar-refractivity contribution in [3.63, 3.8) is 0 Å². The highest BCUT2D eigenvalue weighted by molar-refractivity contribution is 6.07. The first kappa shape index (κ1) is 22.3. The lowest BCUT2D eigenvalue weighted by molar-refractivity contribution is -0.385. The van der Waals surface area contributed by atoms with E-state index in [1.54, 1.807) is 32.2 Å². The molecule has 10 nitrogen and oxygen atoms in total. The number of fused-ring (bicyclic) bond motifs is 1. The van der Waals surface area contributed by atoms with Gasteiger partial charge in [-0.15, -0.1) is 0 Å². The first-order chi connectivity index (χ1) is 15.7. The van der Waals surface area contributed by atoms with Crippen molar-refractivity contribution in [1.29, 1.82) is 0 Å². The summed E-state index contributed by atoms with van der Waals surface area (Å²) in [5.41, 5.74) is 1.49. The zero-order valence-corrected chi connectivity index (χ0v) is 18.8. The highest BCUT2D eigenvalue weighted by Crippen LogP contribution is 2.33. The van der Waals surface area contributed by atoms with Gasteiger partial charge in [-0.1, -0.05) is 6.07 Å². The molecule has 3 aromatic rings. The average Bonchev–Trinajstić information content (AvgIpc) is 2.81. The predicted molar refractivity (Wildman–Crippen MR) is 126 cm³/mol. The second-order valence-electron chi connectivity index (χ2n) is 8.35. The Bertz CT molecular complexity index is 1400. The maximum atomic E-state index is 13.1. The van der Waals surface area contributed by atoms with Crippen LogP contribution in [0.1, 0.15) is 35.2 Å². The Morgan fingerprint density at radius 1 is 0.970 bits per heavy atom. The lowest BCUT2D eigenvalue weighted by atomic mass is 10.1. The van der Waals surface area contributed by atoms with Crippen molar-refractivity contribution in [1.82, 2.24) is 9.13 Å². The SMILES string of the molecule is Cc1ccc(C(=O)Nc2cc3c(cc2N2CCCCC2)n(C)c(=O)c(=O)n3C)cc1[N+](=O)[O-]. The molecular formula is C23H25N5O5. The molecule has 4 rings (SSSR count). The predicted octanol–water partition coefficient (Wildman–Crippen LogP) is 2.70. The molecule has 2 heterocycles. The van der Waals surface area contributed by atoms with Gasteiger partial charge in [0.05, 0.1) is 27.3 Å². The van der Waals surface area contributed by atoms with E-state index in [0.717, 1.165) is 38.0 Å². The van der Waals surface area contributed by atoms with Crippen LogP contribution in [0.2, 0.25) is 0 Å². The van der Waals surface area contributed by atoms with Crippen LogP contribution in [-0.2, 0) is 14.1 Å². The molecule has 1 saturated heterocycles. The van der Waals surface area contributed by atoms with Gasteiger partial charge in [0.2, 0.25) is 0 Å². The maximum Gasteiger partial charge on any atom is 0.316 e. The Labute approximate surface area is 189 Å². The van der Waals surface area contributed by atoms with Crippen LogP contribution in [0.15, 0.2) is 39.9 Å². The Kier molecular flexibility index (Phi) is 5.75. The Hall–Kier alpha value is -3.95. The Morgan fingerprint density at radius 2 is 1.58 bits per heavy atom. The minimum Gasteiger partial charge on any atom is -0.370 e. The van der Waals surface area contributed by atoms with Gasteiger partial charge >= 0.3 is 11.1 Å². The molecule has 1 aliphatic heterocycles. The molecule has 1 N–H and O–H groups in total. The van der Waals surface area contributed by atoms with E-state index in [0.29, 0.717) is 22.3 Å². The van der Waals surface area contributed by atoms with Gasteiger partial charge in [0.25, 0.3) is 11.6 Å². The normalized spacial score (nSPS) is 13.8. The minimum absolute atomic E-state index is 0.130. The van der Waals surface area contributed by atoms with Crippen LogP contribution in [0.25, 0.3) is 11.0 Å². The van der Waals surface area contributed by atoms with Crippen molar-refractivity contribution >= 4 is 34.0 Å². The molecular weight excluding hydrogens is 426 g/mol. The van der Waals surface area contributed by atoms with E-state index in [1.807, 2.05) is 6.07 Å². The van der Waals surface area contributed by atoms with Gasteiger partial charge in [0, 0.05) is 44.4 Å². The molecule has 0 atom stereocenters. The second kappa shape index (κ2) is 8.53.